The highest BCUT2D eigenvalue weighted by Crippen LogP contribution is 2.29. The second-order valence-electron chi connectivity index (χ2n) is 3.32. The van der Waals surface area contributed by atoms with Gasteiger partial charge in [-0.2, -0.15) is 0 Å². The van der Waals surface area contributed by atoms with E-state index in [2.05, 4.69) is 0 Å². The van der Waals surface area contributed by atoms with Gasteiger partial charge in [0.15, 0.2) is 0 Å². The van der Waals surface area contributed by atoms with Gasteiger partial charge in [-0.15, -0.1) is 0 Å². The summed E-state index contributed by atoms with van der Waals surface area (Å²) in [6.45, 7) is 3.41. The fourth-order valence-corrected chi connectivity index (χ4v) is 1.17. The molecular weight excluding hydrogens is 170 g/mol. The van der Waals surface area contributed by atoms with Gasteiger partial charge in [-0.3, -0.25) is 0 Å². The smallest absolute Gasteiger partial charge is 0.409 e. The van der Waals surface area contributed by atoms with Crippen LogP contribution in [0.2, 0.25) is 0 Å². The molecule has 0 spiro atoms. The Kier molecular flexibility index (Phi) is 4.02. The van der Waals surface area contributed by atoms with Gasteiger partial charge in [0.1, 0.15) is 6.61 Å². The second-order valence-corrected chi connectivity index (χ2v) is 3.32. The molecule has 1 fully saturated rings. The van der Waals surface area contributed by atoms with E-state index in [0.717, 1.165) is 6.54 Å². The van der Waals surface area contributed by atoms with Crippen LogP contribution < -0.4 is 0 Å². The average Bonchev–Trinajstić information content (AvgIpc) is 2.93. The van der Waals surface area contributed by atoms with Crippen LogP contribution in [0.15, 0.2) is 0 Å². The summed E-state index contributed by atoms with van der Waals surface area (Å²) in [6.07, 6.45) is 2.15. The number of ether oxygens (including phenoxy) is 1. The number of amides is 1. The molecule has 1 rings (SSSR count). The number of rotatable bonds is 5. The van der Waals surface area contributed by atoms with Crippen molar-refractivity contribution >= 4 is 6.09 Å². The Morgan fingerprint density at radius 2 is 2.31 bits per heavy atom. The highest BCUT2D eigenvalue weighted by molar-refractivity contribution is 5.67. The number of hydrogen-bond acceptors (Lipinski definition) is 3. The zero-order chi connectivity index (χ0) is 9.68. The van der Waals surface area contributed by atoms with Gasteiger partial charge in [-0.25, -0.2) is 4.79 Å². The molecule has 0 heterocycles. The van der Waals surface area contributed by atoms with E-state index < -0.39 is 0 Å². The van der Waals surface area contributed by atoms with E-state index in [1.54, 1.807) is 4.90 Å². The van der Waals surface area contributed by atoms with Gasteiger partial charge in [0.2, 0.25) is 0 Å². The Labute approximate surface area is 78.5 Å². The number of aliphatic hydroxyl groups excluding tert-OH is 1. The molecule has 0 radical (unpaired) electrons. The summed E-state index contributed by atoms with van der Waals surface area (Å²) < 4.78 is 4.81. The van der Waals surface area contributed by atoms with Crippen molar-refractivity contribution in [1.29, 1.82) is 0 Å². The normalized spacial score (nSPS) is 15.5. The van der Waals surface area contributed by atoms with E-state index in [4.69, 9.17) is 9.84 Å². The Morgan fingerprint density at radius 3 is 2.77 bits per heavy atom. The molecule has 13 heavy (non-hydrogen) atoms. The predicted octanol–water partition coefficient (Wildman–Crippen LogP) is 0.847. The molecule has 1 amide bonds. The highest BCUT2D eigenvalue weighted by atomic mass is 16.6. The minimum atomic E-state index is -0.302. The lowest BCUT2D eigenvalue weighted by atomic mass is 10.4. The first-order valence-electron chi connectivity index (χ1n) is 4.80. The standard InChI is InChI=1S/C9H17NO3/c1-2-10(7-8-3-4-8)9(12)13-6-5-11/h8,11H,2-7H2,1H3. The maximum atomic E-state index is 11.3. The second kappa shape index (κ2) is 5.07. The third kappa shape index (κ3) is 3.63. The molecule has 0 aromatic heterocycles. The fourth-order valence-electron chi connectivity index (χ4n) is 1.17. The summed E-state index contributed by atoms with van der Waals surface area (Å²) in [7, 11) is 0. The van der Waals surface area contributed by atoms with Crippen molar-refractivity contribution < 1.29 is 14.6 Å². The summed E-state index contributed by atoms with van der Waals surface area (Å²) in [5.41, 5.74) is 0. The van der Waals surface area contributed by atoms with Crippen molar-refractivity contribution in [1.82, 2.24) is 4.90 Å². The largest absolute Gasteiger partial charge is 0.447 e. The molecule has 0 unspecified atom stereocenters. The predicted molar refractivity (Wildman–Crippen MR) is 48.4 cm³/mol. The molecule has 1 aliphatic carbocycles. The zero-order valence-electron chi connectivity index (χ0n) is 8.03. The highest BCUT2D eigenvalue weighted by Gasteiger charge is 2.26. The summed E-state index contributed by atoms with van der Waals surface area (Å²) in [4.78, 5) is 13.0. The van der Waals surface area contributed by atoms with E-state index in [0.29, 0.717) is 12.5 Å². The molecule has 1 aliphatic rings. The van der Waals surface area contributed by atoms with Crippen molar-refractivity contribution in [3.8, 4) is 0 Å². The van der Waals surface area contributed by atoms with E-state index in [9.17, 15) is 4.79 Å². The van der Waals surface area contributed by atoms with E-state index in [-0.39, 0.29) is 19.3 Å². The maximum Gasteiger partial charge on any atom is 0.409 e. The molecule has 0 aliphatic heterocycles. The van der Waals surface area contributed by atoms with Crippen LogP contribution in [0.4, 0.5) is 4.79 Å². The Balaban J connectivity index is 2.21. The first-order chi connectivity index (χ1) is 6.27. The molecule has 4 heteroatoms. The number of hydrogen-bond donors (Lipinski definition) is 1. The van der Waals surface area contributed by atoms with Gasteiger partial charge < -0.3 is 14.7 Å². The molecule has 1 N–H and O–H groups in total. The Hall–Kier alpha value is -0.770. The van der Waals surface area contributed by atoms with Crippen LogP contribution >= 0.6 is 0 Å². The van der Waals surface area contributed by atoms with Crippen molar-refractivity contribution in [2.75, 3.05) is 26.3 Å². The van der Waals surface area contributed by atoms with Crippen LogP contribution in [-0.2, 0) is 4.74 Å². The molecule has 0 saturated heterocycles. The summed E-state index contributed by atoms with van der Waals surface area (Å²) in [5, 5.41) is 8.47. The number of aliphatic hydroxyl groups is 1. The quantitative estimate of drug-likeness (QED) is 0.694. The van der Waals surface area contributed by atoms with E-state index >= 15 is 0 Å². The molecule has 4 nitrogen and oxygen atoms in total. The van der Waals surface area contributed by atoms with Gasteiger partial charge in [-0.05, 0) is 25.7 Å². The average molecular weight is 187 g/mol. The van der Waals surface area contributed by atoms with Crippen LogP contribution in [0.1, 0.15) is 19.8 Å². The van der Waals surface area contributed by atoms with Crippen LogP contribution in [0.3, 0.4) is 0 Å². The number of nitrogens with zero attached hydrogens (tertiary/aromatic N) is 1. The van der Waals surface area contributed by atoms with Crippen molar-refractivity contribution in [3.05, 3.63) is 0 Å². The monoisotopic (exact) mass is 187 g/mol. The Morgan fingerprint density at radius 1 is 1.62 bits per heavy atom. The van der Waals surface area contributed by atoms with Crippen molar-refractivity contribution in [2.24, 2.45) is 5.92 Å². The van der Waals surface area contributed by atoms with Gasteiger partial charge in [0.05, 0.1) is 6.61 Å². The Bertz CT molecular complexity index is 168. The molecule has 1 saturated carbocycles. The van der Waals surface area contributed by atoms with Gasteiger partial charge in [-0.1, -0.05) is 0 Å². The fraction of sp³-hybridized carbons (Fsp3) is 0.889. The molecule has 0 aromatic rings. The summed E-state index contributed by atoms with van der Waals surface area (Å²) in [6, 6.07) is 0. The first kappa shape index (κ1) is 10.3. The number of carbonyl (C=O) groups is 1. The van der Waals surface area contributed by atoms with Gasteiger partial charge >= 0.3 is 6.09 Å². The lowest BCUT2D eigenvalue weighted by molar-refractivity contribution is 0.0843. The third-order valence-electron chi connectivity index (χ3n) is 2.13. The SMILES string of the molecule is CCN(CC1CC1)C(=O)OCCO. The lowest BCUT2D eigenvalue weighted by Gasteiger charge is -2.19. The van der Waals surface area contributed by atoms with E-state index in [1.165, 1.54) is 12.8 Å². The van der Waals surface area contributed by atoms with Crippen LogP contribution in [0, 0.1) is 5.92 Å². The molecule has 0 atom stereocenters. The van der Waals surface area contributed by atoms with Crippen molar-refractivity contribution in [2.45, 2.75) is 19.8 Å². The number of carbonyl (C=O) groups excluding carboxylic acids is 1. The first-order valence-corrected chi connectivity index (χ1v) is 4.80. The van der Waals surface area contributed by atoms with Gasteiger partial charge in [0, 0.05) is 13.1 Å². The van der Waals surface area contributed by atoms with Gasteiger partial charge in [0.25, 0.3) is 0 Å². The lowest BCUT2D eigenvalue weighted by Crippen LogP contribution is -2.33. The molecule has 0 aromatic carbocycles. The third-order valence-corrected chi connectivity index (χ3v) is 2.13. The van der Waals surface area contributed by atoms with Crippen LogP contribution in [0.5, 0.6) is 0 Å². The zero-order valence-corrected chi connectivity index (χ0v) is 8.03. The van der Waals surface area contributed by atoms with E-state index in [1.807, 2.05) is 6.92 Å². The van der Waals surface area contributed by atoms with Crippen LogP contribution in [-0.4, -0.2) is 42.4 Å². The topological polar surface area (TPSA) is 49.8 Å². The molecule has 76 valence electrons. The minimum Gasteiger partial charge on any atom is -0.447 e. The minimum absolute atomic E-state index is 0.0972. The summed E-state index contributed by atoms with van der Waals surface area (Å²) in [5.74, 6) is 0.682. The molecular formula is C9H17NO3. The molecule has 0 bridgehead atoms. The van der Waals surface area contributed by atoms with Crippen LogP contribution in [0.25, 0.3) is 0 Å². The van der Waals surface area contributed by atoms with Crippen molar-refractivity contribution in [3.63, 3.8) is 0 Å². The summed E-state index contributed by atoms with van der Waals surface area (Å²) >= 11 is 0. The maximum absolute atomic E-state index is 11.3.